The molecule has 0 saturated carbocycles. The van der Waals surface area contributed by atoms with Crippen LogP contribution >= 0.6 is 0 Å². The van der Waals surface area contributed by atoms with Crippen molar-refractivity contribution >= 4 is 10.8 Å². The summed E-state index contributed by atoms with van der Waals surface area (Å²) in [7, 11) is 0. The van der Waals surface area contributed by atoms with Gasteiger partial charge in [-0.15, -0.1) is 0 Å². The van der Waals surface area contributed by atoms with Crippen LogP contribution in [0, 0.1) is 11.3 Å². The van der Waals surface area contributed by atoms with Crippen molar-refractivity contribution in [2.45, 2.75) is 18.4 Å². The van der Waals surface area contributed by atoms with Gasteiger partial charge in [0.2, 0.25) is 5.88 Å². The molecule has 1 aliphatic heterocycles. The predicted molar refractivity (Wildman–Crippen MR) is 89.4 cm³/mol. The van der Waals surface area contributed by atoms with Crippen LogP contribution in [0.2, 0.25) is 0 Å². The van der Waals surface area contributed by atoms with E-state index >= 15 is 0 Å². The number of nitrogens with zero attached hydrogens (tertiary/aromatic N) is 3. The summed E-state index contributed by atoms with van der Waals surface area (Å²) in [5.41, 5.74) is 1.62. The number of aromatic nitrogens is 2. The standard InChI is InChI=1S/C19H13N3O2/c20-10-12-6-8-16(15-4-2-1-3-14(12)15)22-18(23)17-11-5-7-13(9-11)21(17)19(22)24/h1-8,11,13,23H,9H2. The van der Waals surface area contributed by atoms with Crippen LogP contribution in [0.4, 0.5) is 0 Å². The molecule has 1 aliphatic carbocycles. The van der Waals surface area contributed by atoms with Gasteiger partial charge in [-0.1, -0.05) is 36.4 Å². The van der Waals surface area contributed by atoms with E-state index < -0.39 is 0 Å². The molecule has 0 amide bonds. The highest BCUT2D eigenvalue weighted by atomic mass is 16.3. The fraction of sp³-hybridized carbons (Fsp3) is 0.158. The lowest BCUT2D eigenvalue weighted by Crippen LogP contribution is -2.24. The number of imidazole rings is 1. The van der Waals surface area contributed by atoms with E-state index in [2.05, 4.69) is 12.1 Å². The SMILES string of the molecule is N#Cc1ccc(-n2c(O)c3n(c2=O)C2C=CC3C2)c2ccccc12. The molecule has 2 aromatic carbocycles. The Morgan fingerprint density at radius 3 is 2.67 bits per heavy atom. The topological polar surface area (TPSA) is 71.0 Å². The molecule has 1 N–H and O–H groups in total. The van der Waals surface area contributed by atoms with Crippen LogP contribution in [0.25, 0.3) is 16.5 Å². The van der Waals surface area contributed by atoms with E-state index in [-0.39, 0.29) is 23.5 Å². The second-order valence-corrected chi connectivity index (χ2v) is 6.28. The predicted octanol–water partition coefficient (Wildman–Crippen LogP) is 2.97. The summed E-state index contributed by atoms with van der Waals surface area (Å²) >= 11 is 0. The highest BCUT2D eigenvalue weighted by Crippen LogP contribution is 2.46. The van der Waals surface area contributed by atoms with Gasteiger partial charge in [0, 0.05) is 16.7 Å². The fourth-order valence-corrected chi connectivity index (χ4v) is 4.06. The summed E-state index contributed by atoms with van der Waals surface area (Å²) in [6.07, 6.45) is 4.94. The Kier molecular flexibility index (Phi) is 2.42. The van der Waals surface area contributed by atoms with E-state index in [4.69, 9.17) is 0 Å². The van der Waals surface area contributed by atoms with E-state index in [0.717, 1.165) is 17.2 Å². The lowest BCUT2D eigenvalue weighted by molar-refractivity contribution is 0.433. The second-order valence-electron chi connectivity index (χ2n) is 6.28. The molecule has 2 unspecified atom stereocenters. The molecule has 116 valence electrons. The quantitative estimate of drug-likeness (QED) is 0.702. The molecule has 2 heterocycles. The minimum absolute atomic E-state index is 0.00621. The van der Waals surface area contributed by atoms with Crippen molar-refractivity contribution in [1.29, 1.82) is 5.26 Å². The monoisotopic (exact) mass is 315 g/mol. The molecule has 5 nitrogen and oxygen atoms in total. The third-order valence-electron chi connectivity index (χ3n) is 5.10. The highest BCUT2D eigenvalue weighted by Gasteiger charge is 2.39. The minimum Gasteiger partial charge on any atom is -0.493 e. The number of rotatable bonds is 1. The van der Waals surface area contributed by atoms with Gasteiger partial charge in [0.1, 0.15) is 0 Å². The lowest BCUT2D eigenvalue weighted by Gasteiger charge is -2.10. The summed E-state index contributed by atoms with van der Waals surface area (Å²) < 4.78 is 3.05. The number of hydrogen-bond donors (Lipinski definition) is 1. The molecule has 0 saturated heterocycles. The number of hydrogen-bond acceptors (Lipinski definition) is 3. The van der Waals surface area contributed by atoms with Gasteiger partial charge >= 0.3 is 5.69 Å². The second kappa shape index (κ2) is 4.39. The Balaban J connectivity index is 1.86. The Morgan fingerprint density at radius 1 is 1.12 bits per heavy atom. The normalized spacial score (nSPS) is 20.5. The van der Waals surface area contributed by atoms with Crippen molar-refractivity contribution in [3.05, 3.63) is 70.3 Å². The van der Waals surface area contributed by atoms with E-state index in [1.807, 2.05) is 30.3 Å². The molecule has 2 aliphatic rings. The summed E-state index contributed by atoms with van der Waals surface area (Å²) in [5.74, 6) is 0.111. The van der Waals surface area contributed by atoms with Crippen LogP contribution in [0.1, 0.15) is 29.6 Å². The van der Waals surface area contributed by atoms with Gasteiger partial charge in [0.25, 0.3) is 0 Å². The van der Waals surface area contributed by atoms with Crippen molar-refractivity contribution in [3.8, 4) is 17.6 Å². The summed E-state index contributed by atoms with van der Waals surface area (Å²) in [5, 5.41) is 21.6. The maximum absolute atomic E-state index is 12.9. The van der Waals surface area contributed by atoms with Crippen LogP contribution < -0.4 is 5.69 Å². The summed E-state index contributed by atoms with van der Waals surface area (Å²) in [4.78, 5) is 12.9. The molecule has 5 heteroatoms. The van der Waals surface area contributed by atoms with E-state index in [1.54, 1.807) is 16.7 Å². The summed E-state index contributed by atoms with van der Waals surface area (Å²) in [6, 6.07) is 13.1. The first-order valence-electron chi connectivity index (χ1n) is 7.87. The average molecular weight is 315 g/mol. The van der Waals surface area contributed by atoms with Crippen molar-refractivity contribution in [1.82, 2.24) is 9.13 Å². The van der Waals surface area contributed by atoms with Crippen molar-refractivity contribution in [3.63, 3.8) is 0 Å². The highest BCUT2D eigenvalue weighted by molar-refractivity contribution is 5.94. The third kappa shape index (κ3) is 1.45. The first-order valence-corrected chi connectivity index (χ1v) is 7.87. The molecule has 2 atom stereocenters. The van der Waals surface area contributed by atoms with Crippen LogP contribution in [0.3, 0.4) is 0 Å². The van der Waals surface area contributed by atoms with E-state index in [1.165, 1.54) is 4.57 Å². The van der Waals surface area contributed by atoms with Crippen LogP contribution in [0.15, 0.2) is 53.3 Å². The van der Waals surface area contributed by atoms with Crippen LogP contribution in [-0.2, 0) is 0 Å². The smallest absolute Gasteiger partial charge is 0.336 e. The number of allylic oxidation sites excluding steroid dienone is 2. The zero-order valence-electron chi connectivity index (χ0n) is 12.7. The fourth-order valence-electron chi connectivity index (χ4n) is 4.06. The molecule has 3 aromatic rings. The number of fused-ring (bicyclic) bond motifs is 6. The first kappa shape index (κ1) is 13.2. The summed E-state index contributed by atoms with van der Waals surface area (Å²) in [6.45, 7) is 0. The Morgan fingerprint density at radius 2 is 1.92 bits per heavy atom. The lowest BCUT2D eigenvalue weighted by atomic mass is 10.0. The van der Waals surface area contributed by atoms with Gasteiger partial charge < -0.3 is 5.11 Å². The Labute approximate surface area is 137 Å². The minimum atomic E-state index is -0.228. The van der Waals surface area contributed by atoms with Gasteiger partial charge in [-0.25, -0.2) is 9.36 Å². The Bertz CT molecular complexity index is 1140. The van der Waals surface area contributed by atoms with Crippen molar-refractivity contribution in [2.24, 2.45) is 0 Å². The maximum Gasteiger partial charge on any atom is 0.336 e. The molecule has 0 spiro atoms. The molecule has 1 aromatic heterocycles. The van der Waals surface area contributed by atoms with Crippen LogP contribution in [-0.4, -0.2) is 14.2 Å². The van der Waals surface area contributed by atoms with Crippen molar-refractivity contribution < 1.29 is 5.11 Å². The molecule has 0 fully saturated rings. The van der Waals surface area contributed by atoms with Gasteiger partial charge in [0.15, 0.2) is 0 Å². The van der Waals surface area contributed by atoms with Gasteiger partial charge in [-0.2, -0.15) is 5.26 Å². The maximum atomic E-state index is 12.9. The Hall–Kier alpha value is -3.26. The van der Waals surface area contributed by atoms with Crippen molar-refractivity contribution in [2.75, 3.05) is 0 Å². The van der Waals surface area contributed by atoms with Gasteiger partial charge in [-0.05, 0) is 18.6 Å². The largest absolute Gasteiger partial charge is 0.493 e. The number of nitriles is 1. The molecule has 0 radical (unpaired) electrons. The number of aromatic hydroxyl groups is 1. The molecule has 24 heavy (non-hydrogen) atoms. The molecular weight excluding hydrogens is 302 g/mol. The number of benzene rings is 2. The van der Waals surface area contributed by atoms with E-state index in [9.17, 15) is 15.2 Å². The van der Waals surface area contributed by atoms with Gasteiger partial charge in [-0.3, -0.25) is 4.57 Å². The third-order valence-corrected chi connectivity index (χ3v) is 5.10. The first-order chi connectivity index (χ1) is 11.7. The van der Waals surface area contributed by atoms with E-state index in [0.29, 0.717) is 16.9 Å². The molecular formula is C19H13N3O2. The average Bonchev–Trinajstić information content (AvgIpc) is 3.28. The molecule has 2 bridgehead atoms. The zero-order valence-corrected chi connectivity index (χ0v) is 12.7. The van der Waals surface area contributed by atoms with Gasteiger partial charge in [0.05, 0.1) is 29.1 Å². The molecule has 5 rings (SSSR count). The van der Waals surface area contributed by atoms with Crippen LogP contribution in [0.5, 0.6) is 5.88 Å². The zero-order chi connectivity index (χ0) is 16.4.